The number of fused-ring (bicyclic) bond motifs is 1. The van der Waals surface area contributed by atoms with Crippen molar-refractivity contribution < 1.29 is 9.90 Å². The van der Waals surface area contributed by atoms with Crippen LogP contribution >= 0.6 is 11.3 Å². The van der Waals surface area contributed by atoms with Gasteiger partial charge in [-0.15, -0.1) is 11.3 Å². The fourth-order valence-corrected chi connectivity index (χ4v) is 3.87. The van der Waals surface area contributed by atoms with Crippen LogP contribution in [-0.2, 0) is 4.79 Å². The summed E-state index contributed by atoms with van der Waals surface area (Å²) in [6.45, 7) is 5.72. The normalized spacial score (nSPS) is 12.3. The van der Waals surface area contributed by atoms with Crippen molar-refractivity contribution in [2.45, 2.75) is 33.2 Å². The van der Waals surface area contributed by atoms with Gasteiger partial charge in [0.2, 0.25) is 0 Å². The van der Waals surface area contributed by atoms with Crippen molar-refractivity contribution >= 4 is 33.3 Å². The predicted molar refractivity (Wildman–Crippen MR) is 97.7 cm³/mol. The third-order valence-corrected chi connectivity index (χ3v) is 4.92. The van der Waals surface area contributed by atoms with Gasteiger partial charge in [-0.3, -0.25) is 0 Å². The van der Waals surface area contributed by atoms with Crippen molar-refractivity contribution in [2.75, 3.05) is 5.32 Å². The molecule has 2 N–H and O–H groups in total. The number of aromatic nitrogens is 2. The number of aryl methyl sites for hydroxylation is 2. The number of anilines is 1. The van der Waals surface area contributed by atoms with E-state index in [1.54, 1.807) is 11.3 Å². The third-order valence-electron chi connectivity index (χ3n) is 3.92. The Morgan fingerprint density at radius 3 is 2.58 bits per heavy atom. The molecule has 1 aromatic carbocycles. The standard InChI is InChI=1S/C18H19N3O2S/c1-4-13(18(22)23)21-16-15-14(12-8-6-5-7-9-12)10(2)24-17(15)20-11(3)19-16/h5-9,13H,4H2,1-3H3,(H,22,23)(H,19,20,21). The lowest BCUT2D eigenvalue weighted by Gasteiger charge is -2.15. The highest BCUT2D eigenvalue weighted by atomic mass is 32.1. The summed E-state index contributed by atoms with van der Waals surface area (Å²) >= 11 is 1.61. The molecule has 0 radical (unpaired) electrons. The topological polar surface area (TPSA) is 75.1 Å². The molecule has 1 atom stereocenters. The Kier molecular flexibility index (Phi) is 4.49. The van der Waals surface area contributed by atoms with Crippen LogP contribution in [0.25, 0.3) is 21.3 Å². The molecule has 1 unspecified atom stereocenters. The number of benzene rings is 1. The fourth-order valence-electron chi connectivity index (χ4n) is 2.78. The van der Waals surface area contributed by atoms with E-state index < -0.39 is 12.0 Å². The van der Waals surface area contributed by atoms with Crippen molar-refractivity contribution in [3.63, 3.8) is 0 Å². The van der Waals surface area contributed by atoms with Crippen LogP contribution in [0.5, 0.6) is 0 Å². The summed E-state index contributed by atoms with van der Waals surface area (Å²) in [6.07, 6.45) is 0.476. The lowest BCUT2D eigenvalue weighted by Crippen LogP contribution is -2.29. The molecule has 0 saturated heterocycles. The Labute approximate surface area is 144 Å². The van der Waals surface area contributed by atoms with Gasteiger partial charge in [-0.1, -0.05) is 37.3 Å². The van der Waals surface area contributed by atoms with Gasteiger partial charge in [-0.2, -0.15) is 0 Å². The van der Waals surface area contributed by atoms with E-state index in [0.717, 1.165) is 26.2 Å². The zero-order valence-corrected chi connectivity index (χ0v) is 14.6. The summed E-state index contributed by atoms with van der Waals surface area (Å²) in [7, 11) is 0. The van der Waals surface area contributed by atoms with Crippen molar-refractivity contribution in [1.82, 2.24) is 9.97 Å². The van der Waals surface area contributed by atoms with Gasteiger partial charge in [-0.25, -0.2) is 14.8 Å². The molecule has 0 aliphatic carbocycles. The molecule has 0 spiro atoms. The number of hydrogen-bond acceptors (Lipinski definition) is 5. The molecular weight excluding hydrogens is 322 g/mol. The quantitative estimate of drug-likeness (QED) is 0.725. The first-order chi connectivity index (χ1) is 11.5. The number of thiophene rings is 1. The highest BCUT2D eigenvalue weighted by Gasteiger charge is 2.21. The van der Waals surface area contributed by atoms with Crippen molar-refractivity contribution in [2.24, 2.45) is 0 Å². The second-order valence-electron chi connectivity index (χ2n) is 5.64. The Balaban J connectivity index is 2.23. The summed E-state index contributed by atoms with van der Waals surface area (Å²) in [5, 5.41) is 13.4. The molecule has 0 amide bonds. The Hall–Kier alpha value is -2.47. The molecule has 3 rings (SSSR count). The van der Waals surface area contributed by atoms with Gasteiger partial charge in [0.25, 0.3) is 0 Å². The smallest absolute Gasteiger partial charge is 0.326 e. The minimum Gasteiger partial charge on any atom is -0.480 e. The zero-order valence-electron chi connectivity index (χ0n) is 13.8. The summed E-state index contributed by atoms with van der Waals surface area (Å²) in [5.74, 6) is 0.344. The zero-order chi connectivity index (χ0) is 17.3. The van der Waals surface area contributed by atoms with E-state index >= 15 is 0 Å². The van der Waals surface area contributed by atoms with Gasteiger partial charge in [0.15, 0.2) is 0 Å². The maximum absolute atomic E-state index is 11.4. The van der Waals surface area contributed by atoms with Gasteiger partial charge in [-0.05, 0) is 25.8 Å². The van der Waals surface area contributed by atoms with E-state index in [2.05, 4.69) is 22.2 Å². The predicted octanol–water partition coefficient (Wildman–Crippen LogP) is 4.25. The molecule has 0 fully saturated rings. The first-order valence-electron chi connectivity index (χ1n) is 7.83. The van der Waals surface area contributed by atoms with Crippen molar-refractivity contribution in [3.05, 3.63) is 41.0 Å². The maximum atomic E-state index is 11.4. The highest BCUT2D eigenvalue weighted by Crippen LogP contribution is 2.40. The number of nitrogens with zero attached hydrogens (tertiary/aromatic N) is 2. The summed E-state index contributed by atoms with van der Waals surface area (Å²) in [6, 6.07) is 9.38. The highest BCUT2D eigenvalue weighted by molar-refractivity contribution is 7.19. The number of carboxylic acids is 1. The van der Waals surface area contributed by atoms with E-state index in [4.69, 9.17) is 0 Å². The molecule has 3 aromatic rings. The number of carboxylic acid groups (broad SMARTS) is 1. The van der Waals surface area contributed by atoms with Crippen molar-refractivity contribution in [3.8, 4) is 11.1 Å². The van der Waals surface area contributed by atoms with Gasteiger partial charge in [0, 0.05) is 10.4 Å². The number of carbonyl (C=O) groups is 1. The van der Waals surface area contributed by atoms with Crippen molar-refractivity contribution in [1.29, 1.82) is 0 Å². The first-order valence-corrected chi connectivity index (χ1v) is 8.65. The third kappa shape index (κ3) is 2.97. The molecule has 6 heteroatoms. The second-order valence-corrected chi connectivity index (χ2v) is 6.85. The van der Waals surface area contributed by atoms with Crippen LogP contribution in [0.1, 0.15) is 24.0 Å². The SMILES string of the molecule is CCC(Nc1nc(C)nc2sc(C)c(-c3ccccc3)c12)C(=O)O. The van der Waals surface area contributed by atoms with Crippen LogP contribution in [0, 0.1) is 13.8 Å². The molecule has 0 aliphatic rings. The first kappa shape index (κ1) is 16.4. The maximum Gasteiger partial charge on any atom is 0.326 e. The van der Waals surface area contributed by atoms with Crippen LogP contribution in [0.15, 0.2) is 30.3 Å². The van der Waals surface area contributed by atoms with Gasteiger partial charge in [0.1, 0.15) is 22.5 Å². The van der Waals surface area contributed by atoms with E-state index in [9.17, 15) is 9.90 Å². The molecule has 2 aromatic heterocycles. The molecule has 0 saturated carbocycles. The van der Waals surface area contributed by atoms with Gasteiger partial charge < -0.3 is 10.4 Å². The second kappa shape index (κ2) is 6.57. The summed E-state index contributed by atoms with van der Waals surface area (Å²) < 4.78 is 0. The largest absolute Gasteiger partial charge is 0.480 e. The average molecular weight is 341 g/mol. The number of aliphatic carboxylic acids is 1. The number of hydrogen-bond donors (Lipinski definition) is 2. The molecule has 0 aliphatic heterocycles. The van der Waals surface area contributed by atoms with Crippen LogP contribution < -0.4 is 5.32 Å². The molecule has 2 heterocycles. The summed E-state index contributed by atoms with van der Waals surface area (Å²) in [4.78, 5) is 22.5. The van der Waals surface area contributed by atoms with Gasteiger partial charge >= 0.3 is 5.97 Å². The lowest BCUT2D eigenvalue weighted by atomic mass is 10.0. The Morgan fingerprint density at radius 1 is 1.25 bits per heavy atom. The molecule has 0 bridgehead atoms. The van der Waals surface area contributed by atoms with Gasteiger partial charge in [0.05, 0.1) is 5.39 Å². The minimum absolute atomic E-state index is 0.476. The average Bonchev–Trinajstić information content (AvgIpc) is 2.88. The summed E-state index contributed by atoms with van der Waals surface area (Å²) in [5.41, 5.74) is 2.15. The van der Waals surface area contributed by atoms with E-state index in [1.165, 1.54) is 0 Å². The number of nitrogens with one attached hydrogen (secondary N) is 1. The Morgan fingerprint density at radius 2 is 1.96 bits per heavy atom. The van der Waals surface area contributed by atoms with E-state index in [0.29, 0.717) is 18.1 Å². The molecule has 124 valence electrons. The molecule has 24 heavy (non-hydrogen) atoms. The lowest BCUT2D eigenvalue weighted by molar-refractivity contribution is -0.137. The fraction of sp³-hybridized carbons (Fsp3) is 0.278. The van der Waals surface area contributed by atoms with Crippen LogP contribution in [-0.4, -0.2) is 27.1 Å². The van der Waals surface area contributed by atoms with Crippen LogP contribution in [0.3, 0.4) is 0 Å². The van der Waals surface area contributed by atoms with Crippen LogP contribution in [0.4, 0.5) is 5.82 Å². The molecule has 5 nitrogen and oxygen atoms in total. The van der Waals surface area contributed by atoms with Crippen LogP contribution in [0.2, 0.25) is 0 Å². The monoisotopic (exact) mass is 341 g/mol. The number of rotatable bonds is 5. The van der Waals surface area contributed by atoms with E-state index in [1.807, 2.05) is 44.2 Å². The Bertz CT molecular complexity index is 890. The van der Waals surface area contributed by atoms with E-state index in [-0.39, 0.29) is 0 Å². The molecular formula is C18H19N3O2S. The minimum atomic E-state index is -0.880.